The fourth-order valence-corrected chi connectivity index (χ4v) is 0.982. The Balaban J connectivity index is 4.62. The molecule has 0 heterocycles. The van der Waals surface area contributed by atoms with Crippen LogP contribution in [0.1, 0.15) is 34.6 Å². The summed E-state index contributed by atoms with van der Waals surface area (Å²) in [5, 5.41) is 3.49. The van der Waals surface area contributed by atoms with E-state index < -0.39 is 0 Å². The van der Waals surface area contributed by atoms with Crippen LogP contribution in [0.25, 0.3) is 0 Å². The van der Waals surface area contributed by atoms with Crippen LogP contribution in [0.15, 0.2) is 36.1 Å². The van der Waals surface area contributed by atoms with E-state index in [1.807, 2.05) is 19.1 Å². The third-order valence-corrected chi connectivity index (χ3v) is 2.45. The van der Waals surface area contributed by atoms with Gasteiger partial charge in [-0.3, -0.25) is 0 Å². The maximum Gasteiger partial charge on any atom is 0.0368 e. The van der Waals surface area contributed by atoms with E-state index in [-0.39, 0.29) is 0 Å². The molecule has 80 valence electrons. The summed E-state index contributed by atoms with van der Waals surface area (Å²) in [5.41, 5.74) is 2.36. The number of hydrogen-bond acceptors (Lipinski definition) is 1. The summed E-state index contributed by atoms with van der Waals surface area (Å²) in [5.74, 6) is 0.632. The minimum atomic E-state index is 0.482. The fourth-order valence-electron chi connectivity index (χ4n) is 0.982. The molecule has 0 aliphatic carbocycles. The standard InChI is InChI=1S/C13H23N/c1-7-9-13(11(5)8-2)14-12(6)10(3)4/h7-10,12,14H,2H2,1,3-6H3/b9-7-,13-11+. The fraction of sp³-hybridized carbons (Fsp3) is 0.538. The van der Waals surface area contributed by atoms with Gasteiger partial charge >= 0.3 is 0 Å². The monoisotopic (exact) mass is 193 g/mol. The van der Waals surface area contributed by atoms with Gasteiger partial charge in [0.1, 0.15) is 0 Å². The lowest BCUT2D eigenvalue weighted by molar-refractivity contribution is 0.464. The normalized spacial score (nSPS) is 15.6. The molecule has 14 heavy (non-hydrogen) atoms. The highest BCUT2D eigenvalue weighted by molar-refractivity contribution is 5.29. The van der Waals surface area contributed by atoms with E-state index in [2.05, 4.69) is 45.7 Å². The second-order valence-electron chi connectivity index (χ2n) is 3.98. The molecule has 0 fully saturated rings. The molecule has 1 N–H and O–H groups in total. The molecule has 1 nitrogen and oxygen atoms in total. The SMILES string of the molecule is C=C/C(C)=C(\C=C/C)NC(C)C(C)C. The smallest absolute Gasteiger partial charge is 0.0368 e. The van der Waals surface area contributed by atoms with E-state index >= 15 is 0 Å². The molecule has 0 spiro atoms. The molecule has 0 aromatic carbocycles. The molecular formula is C13H23N. The molecule has 0 aromatic heterocycles. The summed E-state index contributed by atoms with van der Waals surface area (Å²) in [4.78, 5) is 0. The maximum atomic E-state index is 3.78. The molecule has 1 heteroatoms. The topological polar surface area (TPSA) is 12.0 Å². The Morgan fingerprint density at radius 2 is 1.86 bits per heavy atom. The van der Waals surface area contributed by atoms with Gasteiger partial charge in [0.05, 0.1) is 0 Å². The van der Waals surface area contributed by atoms with E-state index in [1.54, 1.807) is 0 Å². The zero-order valence-electron chi connectivity index (χ0n) is 10.1. The number of nitrogens with one attached hydrogen (secondary N) is 1. The van der Waals surface area contributed by atoms with E-state index in [9.17, 15) is 0 Å². The first-order valence-electron chi connectivity index (χ1n) is 5.25. The second-order valence-corrected chi connectivity index (χ2v) is 3.98. The summed E-state index contributed by atoms with van der Waals surface area (Å²) in [6, 6.07) is 0.482. The van der Waals surface area contributed by atoms with Crippen molar-refractivity contribution in [2.45, 2.75) is 40.7 Å². The molecule has 1 atom stereocenters. The van der Waals surface area contributed by atoms with Crippen LogP contribution in [0.4, 0.5) is 0 Å². The van der Waals surface area contributed by atoms with Gasteiger partial charge in [0, 0.05) is 11.7 Å². The minimum absolute atomic E-state index is 0.482. The van der Waals surface area contributed by atoms with Crippen molar-refractivity contribution >= 4 is 0 Å². The van der Waals surface area contributed by atoms with Crippen LogP contribution in [0.3, 0.4) is 0 Å². The molecule has 0 aliphatic rings. The lowest BCUT2D eigenvalue weighted by Crippen LogP contribution is -2.30. The lowest BCUT2D eigenvalue weighted by Gasteiger charge is -2.20. The first-order valence-corrected chi connectivity index (χ1v) is 5.25. The molecule has 0 saturated heterocycles. The van der Waals surface area contributed by atoms with Gasteiger partial charge in [0.25, 0.3) is 0 Å². The Morgan fingerprint density at radius 3 is 2.21 bits per heavy atom. The second kappa shape index (κ2) is 6.47. The van der Waals surface area contributed by atoms with E-state index in [4.69, 9.17) is 0 Å². The van der Waals surface area contributed by atoms with Crippen LogP contribution < -0.4 is 5.32 Å². The van der Waals surface area contributed by atoms with Gasteiger partial charge in [-0.15, -0.1) is 0 Å². The zero-order chi connectivity index (χ0) is 11.1. The van der Waals surface area contributed by atoms with Crippen molar-refractivity contribution < 1.29 is 0 Å². The third kappa shape index (κ3) is 4.31. The minimum Gasteiger partial charge on any atom is -0.382 e. The Labute approximate surface area is 88.6 Å². The summed E-state index contributed by atoms with van der Waals surface area (Å²) in [7, 11) is 0. The molecule has 0 amide bonds. The zero-order valence-corrected chi connectivity index (χ0v) is 10.1. The van der Waals surface area contributed by atoms with Gasteiger partial charge in [0.2, 0.25) is 0 Å². The highest BCUT2D eigenvalue weighted by Gasteiger charge is 2.07. The number of hydrogen-bond donors (Lipinski definition) is 1. The van der Waals surface area contributed by atoms with Crippen LogP contribution in [0, 0.1) is 5.92 Å². The van der Waals surface area contributed by atoms with Crippen LogP contribution >= 0.6 is 0 Å². The van der Waals surface area contributed by atoms with E-state index in [0.29, 0.717) is 12.0 Å². The average Bonchev–Trinajstić information content (AvgIpc) is 2.15. The quantitative estimate of drug-likeness (QED) is 0.657. The van der Waals surface area contributed by atoms with Gasteiger partial charge in [-0.1, -0.05) is 32.6 Å². The van der Waals surface area contributed by atoms with Gasteiger partial charge in [-0.2, -0.15) is 0 Å². The van der Waals surface area contributed by atoms with Crippen molar-refractivity contribution in [2.75, 3.05) is 0 Å². The van der Waals surface area contributed by atoms with Crippen molar-refractivity contribution in [3.05, 3.63) is 36.1 Å². The molecule has 0 aromatic rings. The van der Waals surface area contributed by atoms with Crippen molar-refractivity contribution in [2.24, 2.45) is 5.92 Å². The summed E-state index contributed by atoms with van der Waals surface area (Å²) in [6.45, 7) is 14.5. The summed E-state index contributed by atoms with van der Waals surface area (Å²) >= 11 is 0. The highest BCUT2D eigenvalue weighted by Crippen LogP contribution is 2.08. The molecule has 0 aliphatic heterocycles. The highest BCUT2D eigenvalue weighted by atomic mass is 14.9. The molecule has 0 saturated carbocycles. The molecule has 0 radical (unpaired) electrons. The van der Waals surface area contributed by atoms with Gasteiger partial charge in [0.15, 0.2) is 0 Å². The van der Waals surface area contributed by atoms with Crippen molar-refractivity contribution in [3.63, 3.8) is 0 Å². The van der Waals surface area contributed by atoms with E-state index in [1.165, 1.54) is 11.3 Å². The molecule has 0 rings (SSSR count). The predicted octanol–water partition coefficient (Wildman–Crippen LogP) is 3.66. The third-order valence-electron chi connectivity index (χ3n) is 2.45. The van der Waals surface area contributed by atoms with Crippen LogP contribution in [0.2, 0.25) is 0 Å². The first-order chi connectivity index (χ1) is 6.52. The molecule has 0 bridgehead atoms. The largest absolute Gasteiger partial charge is 0.382 e. The Hall–Kier alpha value is -0.980. The van der Waals surface area contributed by atoms with Crippen LogP contribution in [-0.2, 0) is 0 Å². The molecular weight excluding hydrogens is 170 g/mol. The maximum absolute atomic E-state index is 3.78. The van der Waals surface area contributed by atoms with Crippen molar-refractivity contribution in [3.8, 4) is 0 Å². The van der Waals surface area contributed by atoms with Gasteiger partial charge < -0.3 is 5.32 Å². The summed E-state index contributed by atoms with van der Waals surface area (Å²) in [6.07, 6.45) is 6.02. The molecule has 1 unspecified atom stereocenters. The van der Waals surface area contributed by atoms with Crippen molar-refractivity contribution in [1.82, 2.24) is 5.32 Å². The number of allylic oxidation sites excluding steroid dienone is 4. The average molecular weight is 193 g/mol. The van der Waals surface area contributed by atoms with Gasteiger partial charge in [-0.05, 0) is 38.3 Å². The predicted molar refractivity (Wildman–Crippen MR) is 65.1 cm³/mol. The van der Waals surface area contributed by atoms with Crippen LogP contribution in [-0.4, -0.2) is 6.04 Å². The van der Waals surface area contributed by atoms with Crippen LogP contribution in [0.5, 0.6) is 0 Å². The van der Waals surface area contributed by atoms with Crippen molar-refractivity contribution in [1.29, 1.82) is 0 Å². The lowest BCUT2D eigenvalue weighted by atomic mass is 10.1. The Bertz CT molecular complexity index is 234. The number of rotatable bonds is 5. The Kier molecular flexibility index (Phi) is 6.02. The van der Waals surface area contributed by atoms with Gasteiger partial charge in [-0.25, -0.2) is 0 Å². The van der Waals surface area contributed by atoms with E-state index in [0.717, 1.165) is 0 Å². The summed E-state index contributed by atoms with van der Waals surface area (Å²) < 4.78 is 0. The first kappa shape index (κ1) is 13.0. The Morgan fingerprint density at radius 1 is 1.29 bits per heavy atom.